The van der Waals surface area contributed by atoms with Gasteiger partial charge in [0.05, 0.1) is 32.1 Å². The first-order chi connectivity index (χ1) is 16.3. The molecule has 0 radical (unpaired) electrons. The Balaban J connectivity index is 1.36. The van der Waals surface area contributed by atoms with Gasteiger partial charge in [-0.3, -0.25) is 4.57 Å². The predicted molar refractivity (Wildman–Crippen MR) is 123 cm³/mol. The molecule has 3 heterocycles. The van der Waals surface area contributed by atoms with E-state index in [4.69, 9.17) is 13.6 Å². The average Bonchev–Trinajstić information content (AvgIpc) is 3.61. The number of nitrogens with zero attached hydrogens (tertiary/aromatic N) is 5. The van der Waals surface area contributed by atoms with Gasteiger partial charge in [-0.15, -0.1) is 20.4 Å². The van der Waals surface area contributed by atoms with Crippen LogP contribution in [0.5, 0.6) is 5.75 Å². The van der Waals surface area contributed by atoms with Crippen LogP contribution in [0.1, 0.15) is 23.1 Å². The second-order valence-electron chi connectivity index (χ2n) is 7.24. The van der Waals surface area contributed by atoms with Crippen molar-refractivity contribution in [3.05, 3.63) is 96.1 Å². The number of hydrogen-bond acceptors (Lipinski definition) is 8. The van der Waals surface area contributed by atoms with Crippen molar-refractivity contribution in [3.63, 3.8) is 0 Å². The highest BCUT2D eigenvalue weighted by Gasteiger charge is 2.18. The molecule has 0 N–H and O–H groups in total. The van der Waals surface area contributed by atoms with Gasteiger partial charge in [0.25, 0.3) is 0 Å². The van der Waals surface area contributed by atoms with Gasteiger partial charge in [0.15, 0.2) is 11.0 Å². The summed E-state index contributed by atoms with van der Waals surface area (Å²) in [5.74, 6) is 3.90. The Morgan fingerprint density at radius 2 is 1.79 bits per heavy atom. The zero-order valence-electron chi connectivity index (χ0n) is 17.9. The molecule has 0 aliphatic heterocycles. The molecule has 0 amide bonds. The summed E-state index contributed by atoms with van der Waals surface area (Å²) in [6.07, 6.45) is 2.26. The first kappa shape index (κ1) is 21.0. The second-order valence-corrected chi connectivity index (χ2v) is 8.19. The Hall–Kier alpha value is -3.85. The molecule has 2 aromatic carbocycles. The van der Waals surface area contributed by atoms with Crippen molar-refractivity contribution in [3.8, 4) is 17.1 Å². The molecule has 0 aliphatic carbocycles. The van der Waals surface area contributed by atoms with Crippen LogP contribution < -0.4 is 4.74 Å². The summed E-state index contributed by atoms with van der Waals surface area (Å²) in [5, 5.41) is 18.0. The molecule has 9 heteroatoms. The quantitative estimate of drug-likeness (QED) is 0.289. The van der Waals surface area contributed by atoms with E-state index in [-0.39, 0.29) is 0 Å². The minimum Gasteiger partial charge on any atom is -0.497 e. The van der Waals surface area contributed by atoms with Crippen molar-refractivity contribution in [2.75, 3.05) is 7.11 Å². The molecule has 0 aliphatic rings. The van der Waals surface area contributed by atoms with Crippen molar-refractivity contribution < 1.29 is 13.6 Å². The largest absolute Gasteiger partial charge is 0.497 e. The van der Waals surface area contributed by atoms with E-state index >= 15 is 0 Å². The van der Waals surface area contributed by atoms with Gasteiger partial charge in [-0.25, -0.2) is 0 Å². The number of furan rings is 1. The summed E-state index contributed by atoms with van der Waals surface area (Å²) in [4.78, 5) is 0. The zero-order chi connectivity index (χ0) is 22.5. The fourth-order valence-corrected chi connectivity index (χ4v) is 4.16. The third-order valence-electron chi connectivity index (χ3n) is 4.97. The number of rotatable bonds is 9. The lowest BCUT2D eigenvalue weighted by Crippen LogP contribution is -2.03. The first-order valence-electron chi connectivity index (χ1n) is 10.4. The van der Waals surface area contributed by atoms with Crippen LogP contribution in [0, 0.1) is 0 Å². The van der Waals surface area contributed by atoms with Gasteiger partial charge < -0.3 is 13.6 Å². The van der Waals surface area contributed by atoms with Gasteiger partial charge in [-0.2, -0.15) is 0 Å². The van der Waals surface area contributed by atoms with Gasteiger partial charge in [-0.05, 0) is 29.8 Å². The molecule has 33 heavy (non-hydrogen) atoms. The topological polar surface area (TPSA) is 92.0 Å². The summed E-state index contributed by atoms with van der Waals surface area (Å²) >= 11 is 1.49. The van der Waals surface area contributed by atoms with Gasteiger partial charge >= 0.3 is 0 Å². The summed E-state index contributed by atoms with van der Waals surface area (Å²) in [6, 6.07) is 21.6. The molecular weight excluding hydrogens is 438 g/mol. The van der Waals surface area contributed by atoms with E-state index in [2.05, 4.69) is 20.4 Å². The molecule has 0 bridgehead atoms. The van der Waals surface area contributed by atoms with E-state index in [0.29, 0.717) is 30.5 Å². The van der Waals surface area contributed by atoms with Crippen LogP contribution >= 0.6 is 11.8 Å². The van der Waals surface area contributed by atoms with Crippen molar-refractivity contribution in [1.29, 1.82) is 0 Å². The molecule has 8 nitrogen and oxygen atoms in total. The van der Waals surface area contributed by atoms with E-state index in [1.165, 1.54) is 11.8 Å². The predicted octanol–water partition coefficient (Wildman–Crippen LogP) is 4.86. The summed E-state index contributed by atoms with van der Waals surface area (Å²) in [7, 11) is 1.64. The monoisotopic (exact) mass is 459 g/mol. The molecule has 5 aromatic rings. The van der Waals surface area contributed by atoms with E-state index in [0.717, 1.165) is 33.6 Å². The molecule has 0 spiro atoms. The SMILES string of the molecule is COc1cccc(-c2nnc(SCc3nnc(Cc4ccccc4)o3)n2Cc2ccco2)c1. The summed E-state index contributed by atoms with van der Waals surface area (Å²) < 4.78 is 18.8. The van der Waals surface area contributed by atoms with Crippen molar-refractivity contribution in [2.45, 2.75) is 23.9 Å². The van der Waals surface area contributed by atoms with Crippen LogP contribution in [0.15, 0.2) is 87.0 Å². The van der Waals surface area contributed by atoms with Crippen LogP contribution in [-0.4, -0.2) is 32.1 Å². The smallest absolute Gasteiger partial charge is 0.226 e. The van der Waals surface area contributed by atoms with Crippen molar-refractivity contribution >= 4 is 11.8 Å². The average molecular weight is 460 g/mol. The Bertz CT molecular complexity index is 1320. The van der Waals surface area contributed by atoms with Crippen LogP contribution in [0.2, 0.25) is 0 Å². The highest BCUT2D eigenvalue weighted by Crippen LogP contribution is 2.29. The molecule has 0 unspecified atom stereocenters. The molecule has 166 valence electrons. The summed E-state index contributed by atoms with van der Waals surface area (Å²) in [5.41, 5.74) is 2.03. The fraction of sp³-hybridized carbons (Fsp3) is 0.167. The highest BCUT2D eigenvalue weighted by molar-refractivity contribution is 7.98. The number of ether oxygens (including phenoxy) is 1. The van der Waals surface area contributed by atoms with E-state index in [1.54, 1.807) is 13.4 Å². The molecule has 0 atom stereocenters. The van der Waals surface area contributed by atoms with Crippen LogP contribution in [-0.2, 0) is 18.7 Å². The van der Waals surface area contributed by atoms with E-state index < -0.39 is 0 Å². The maximum Gasteiger partial charge on any atom is 0.226 e. The Kier molecular flexibility index (Phi) is 6.21. The standard InChI is InChI=1S/C24H21N5O3S/c1-30-19-10-5-9-18(14-19)23-27-28-24(29(23)15-20-11-6-12-31-20)33-16-22-26-25-21(32-22)13-17-7-3-2-4-8-17/h2-12,14H,13,15-16H2,1H3. The number of thioether (sulfide) groups is 1. The van der Waals surface area contributed by atoms with Crippen LogP contribution in [0.3, 0.4) is 0 Å². The molecule has 0 fully saturated rings. The molecule has 0 saturated carbocycles. The fourth-order valence-electron chi connectivity index (χ4n) is 3.39. The second kappa shape index (κ2) is 9.74. The molecule has 0 saturated heterocycles. The van der Waals surface area contributed by atoms with Crippen molar-refractivity contribution in [2.24, 2.45) is 0 Å². The number of aromatic nitrogens is 5. The Labute approximate surface area is 194 Å². The number of hydrogen-bond donors (Lipinski definition) is 0. The number of benzene rings is 2. The van der Waals surface area contributed by atoms with E-state index in [9.17, 15) is 0 Å². The maximum atomic E-state index is 5.84. The minimum absolute atomic E-state index is 0.482. The lowest BCUT2D eigenvalue weighted by atomic mass is 10.2. The Morgan fingerprint density at radius 1 is 0.909 bits per heavy atom. The van der Waals surface area contributed by atoms with Crippen LogP contribution in [0.25, 0.3) is 11.4 Å². The van der Waals surface area contributed by atoms with Gasteiger partial charge in [0, 0.05) is 5.56 Å². The molecule has 3 aromatic heterocycles. The van der Waals surface area contributed by atoms with Gasteiger partial charge in [0.1, 0.15) is 11.5 Å². The van der Waals surface area contributed by atoms with Crippen LogP contribution in [0.4, 0.5) is 0 Å². The molecule has 5 rings (SSSR count). The Morgan fingerprint density at radius 3 is 2.61 bits per heavy atom. The zero-order valence-corrected chi connectivity index (χ0v) is 18.7. The molecular formula is C24H21N5O3S. The third kappa shape index (κ3) is 4.98. The lowest BCUT2D eigenvalue weighted by Gasteiger charge is -2.09. The minimum atomic E-state index is 0.482. The van der Waals surface area contributed by atoms with Gasteiger partial charge in [-0.1, -0.05) is 54.2 Å². The highest BCUT2D eigenvalue weighted by atomic mass is 32.2. The van der Waals surface area contributed by atoms with Crippen molar-refractivity contribution in [1.82, 2.24) is 25.0 Å². The number of methoxy groups -OCH3 is 1. The summed E-state index contributed by atoms with van der Waals surface area (Å²) in [6.45, 7) is 0.498. The maximum absolute atomic E-state index is 5.84. The van der Waals surface area contributed by atoms with Gasteiger partial charge in [0.2, 0.25) is 11.8 Å². The first-order valence-corrected chi connectivity index (χ1v) is 11.3. The third-order valence-corrected chi connectivity index (χ3v) is 5.92. The lowest BCUT2D eigenvalue weighted by molar-refractivity contribution is 0.415. The van der Waals surface area contributed by atoms with E-state index in [1.807, 2.05) is 71.3 Å². The normalized spacial score (nSPS) is 11.1.